The predicted octanol–water partition coefficient (Wildman–Crippen LogP) is 4.38. The van der Waals surface area contributed by atoms with Crippen LogP contribution in [0.2, 0.25) is 0 Å². The Morgan fingerprint density at radius 3 is 2.36 bits per heavy atom. The molecule has 0 amide bonds. The molecule has 0 N–H and O–H groups in total. The van der Waals surface area contributed by atoms with Crippen LogP contribution in [0.25, 0.3) is 0 Å². The molecule has 0 fully saturated rings. The third-order valence-electron chi connectivity index (χ3n) is 2.36. The van der Waals surface area contributed by atoms with Gasteiger partial charge in [-0.2, -0.15) is 11.3 Å². The highest BCUT2D eigenvalue weighted by Crippen LogP contribution is 2.25. The molecule has 74 valence electrons. The minimum atomic E-state index is 1.33. The van der Waals surface area contributed by atoms with Crippen molar-refractivity contribution < 1.29 is 0 Å². The largest absolute Gasteiger partial charge is 0.152 e. The van der Waals surface area contributed by atoms with Crippen LogP contribution < -0.4 is 0 Å². The van der Waals surface area contributed by atoms with Gasteiger partial charge in [-0.1, -0.05) is 12.1 Å². The Balaban J connectivity index is 0.000000128. The zero-order valence-corrected chi connectivity index (χ0v) is 9.74. The van der Waals surface area contributed by atoms with E-state index >= 15 is 0 Å². The minimum Gasteiger partial charge on any atom is -0.152 e. The summed E-state index contributed by atoms with van der Waals surface area (Å²) in [5.74, 6) is 0. The summed E-state index contributed by atoms with van der Waals surface area (Å²) < 4.78 is 0. The van der Waals surface area contributed by atoms with Crippen molar-refractivity contribution >= 4 is 22.7 Å². The molecule has 1 aliphatic carbocycles. The fourth-order valence-corrected chi connectivity index (χ4v) is 3.07. The van der Waals surface area contributed by atoms with Gasteiger partial charge in [0.1, 0.15) is 0 Å². The van der Waals surface area contributed by atoms with Gasteiger partial charge in [-0.3, -0.25) is 0 Å². The maximum Gasteiger partial charge on any atom is 0.00772 e. The van der Waals surface area contributed by atoms with E-state index in [1.165, 1.54) is 25.7 Å². The molecular weight excluding hydrogens is 208 g/mol. The Bertz CT molecular complexity index is 308. The number of rotatable bonds is 0. The van der Waals surface area contributed by atoms with Crippen molar-refractivity contribution in [2.24, 2.45) is 0 Å². The molecule has 3 rings (SSSR count). The first-order valence-corrected chi connectivity index (χ1v) is 6.81. The van der Waals surface area contributed by atoms with Crippen molar-refractivity contribution in [3.8, 4) is 0 Å². The number of thiophene rings is 2. The van der Waals surface area contributed by atoms with Crippen LogP contribution in [0, 0.1) is 0 Å². The second-order valence-electron chi connectivity index (χ2n) is 3.37. The summed E-state index contributed by atoms with van der Waals surface area (Å²) in [4.78, 5) is 1.64. The van der Waals surface area contributed by atoms with Gasteiger partial charge >= 0.3 is 0 Å². The molecule has 0 aromatic carbocycles. The van der Waals surface area contributed by atoms with Gasteiger partial charge in [0.25, 0.3) is 0 Å². The molecule has 0 aliphatic heterocycles. The van der Waals surface area contributed by atoms with E-state index in [1.54, 1.807) is 21.8 Å². The summed E-state index contributed by atoms with van der Waals surface area (Å²) in [6.45, 7) is 0. The van der Waals surface area contributed by atoms with E-state index in [2.05, 4.69) is 11.4 Å². The second-order valence-corrected chi connectivity index (χ2v) is 5.19. The van der Waals surface area contributed by atoms with Gasteiger partial charge in [-0.15, -0.1) is 11.3 Å². The Morgan fingerprint density at radius 1 is 0.929 bits per heavy atom. The van der Waals surface area contributed by atoms with Gasteiger partial charge < -0.3 is 0 Å². The van der Waals surface area contributed by atoms with Crippen LogP contribution in [-0.4, -0.2) is 0 Å². The van der Waals surface area contributed by atoms with E-state index in [-0.39, 0.29) is 0 Å². The first kappa shape index (κ1) is 9.94. The summed E-state index contributed by atoms with van der Waals surface area (Å²) >= 11 is 3.64. The van der Waals surface area contributed by atoms with Gasteiger partial charge in [0.2, 0.25) is 0 Å². The normalized spacial score (nSPS) is 14.0. The molecule has 0 radical (unpaired) electrons. The Labute approximate surface area is 93.2 Å². The summed E-state index contributed by atoms with van der Waals surface area (Å²) in [6.07, 6.45) is 5.49. The topological polar surface area (TPSA) is 0 Å². The first-order chi connectivity index (χ1) is 6.97. The molecule has 0 atom stereocenters. The maximum absolute atomic E-state index is 2.28. The Kier molecular flexibility index (Phi) is 3.78. The van der Waals surface area contributed by atoms with Crippen LogP contribution in [0.3, 0.4) is 0 Å². The Hall–Kier alpha value is -0.600. The van der Waals surface area contributed by atoms with Crippen molar-refractivity contribution in [1.29, 1.82) is 0 Å². The van der Waals surface area contributed by atoms with E-state index < -0.39 is 0 Å². The second kappa shape index (κ2) is 5.32. The van der Waals surface area contributed by atoms with Crippen molar-refractivity contribution in [3.63, 3.8) is 0 Å². The van der Waals surface area contributed by atoms with E-state index in [9.17, 15) is 0 Å². The molecule has 0 unspecified atom stereocenters. The zero-order valence-electron chi connectivity index (χ0n) is 8.11. The molecule has 14 heavy (non-hydrogen) atoms. The number of aryl methyl sites for hydroxylation is 2. The zero-order chi connectivity index (χ0) is 9.64. The summed E-state index contributed by atoms with van der Waals surface area (Å²) in [5.41, 5.74) is 1.62. The van der Waals surface area contributed by atoms with E-state index in [0.29, 0.717) is 0 Å². The van der Waals surface area contributed by atoms with Gasteiger partial charge in [0.15, 0.2) is 0 Å². The van der Waals surface area contributed by atoms with Crippen molar-refractivity contribution in [2.75, 3.05) is 0 Å². The molecule has 0 bridgehead atoms. The quantitative estimate of drug-likeness (QED) is 0.620. The van der Waals surface area contributed by atoms with E-state index in [1.807, 2.05) is 34.2 Å². The lowest BCUT2D eigenvalue weighted by Crippen LogP contribution is -1.96. The maximum atomic E-state index is 2.28. The van der Waals surface area contributed by atoms with Crippen LogP contribution in [0.1, 0.15) is 23.3 Å². The average Bonchev–Trinajstić information content (AvgIpc) is 2.92. The van der Waals surface area contributed by atoms with Crippen LogP contribution in [0.4, 0.5) is 0 Å². The molecule has 0 spiro atoms. The smallest absolute Gasteiger partial charge is 0.00772 e. The molecule has 2 heterocycles. The summed E-state index contributed by atoms with van der Waals surface area (Å²) in [6, 6.07) is 6.31. The molecular formula is C12H14S2. The van der Waals surface area contributed by atoms with Gasteiger partial charge in [0, 0.05) is 4.88 Å². The number of hydrogen-bond acceptors (Lipinski definition) is 2. The van der Waals surface area contributed by atoms with Crippen LogP contribution >= 0.6 is 22.7 Å². The first-order valence-electron chi connectivity index (χ1n) is 4.99. The van der Waals surface area contributed by atoms with Crippen LogP contribution in [0.15, 0.2) is 34.3 Å². The summed E-state index contributed by atoms with van der Waals surface area (Å²) in [5, 5.41) is 6.30. The molecule has 2 aromatic rings. The average molecular weight is 222 g/mol. The third kappa shape index (κ3) is 2.69. The van der Waals surface area contributed by atoms with Gasteiger partial charge in [-0.05, 0) is 53.5 Å². The minimum absolute atomic E-state index is 1.33. The van der Waals surface area contributed by atoms with Gasteiger partial charge in [-0.25, -0.2) is 0 Å². The van der Waals surface area contributed by atoms with Crippen molar-refractivity contribution in [1.82, 2.24) is 0 Å². The number of fused-ring (bicyclic) bond motifs is 1. The van der Waals surface area contributed by atoms with E-state index in [4.69, 9.17) is 0 Å². The molecule has 2 aromatic heterocycles. The fourth-order valence-electron chi connectivity index (χ4n) is 1.64. The monoisotopic (exact) mass is 222 g/mol. The molecule has 2 heteroatoms. The fraction of sp³-hybridized carbons (Fsp3) is 0.333. The van der Waals surface area contributed by atoms with E-state index in [0.717, 1.165) is 0 Å². The predicted molar refractivity (Wildman–Crippen MR) is 65.3 cm³/mol. The molecule has 0 nitrogen and oxygen atoms in total. The van der Waals surface area contributed by atoms with Crippen molar-refractivity contribution in [2.45, 2.75) is 25.7 Å². The van der Waals surface area contributed by atoms with Crippen LogP contribution in [-0.2, 0) is 12.8 Å². The molecule has 1 aliphatic rings. The lowest BCUT2D eigenvalue weighted by atomic mass is 10.00. The highest BCUT2D eigenvalue weighted by Gasteiger charge is 2.08. The highest BCUT2D eigenvalue weighted by atomic mass is 32.1. The van der Waals surface area contributed by atoms with Crippen LogP contribution in [0.5, 0.6) is 0 Å². The van der Waals surface area contributed by atoms with Crippen molar-refractivity contribution in [3.05, 3.63) is 44.8 Å². The Morgan fingerprint density at radius 2 is 1.71 bits per heavy atom. The lowest BCUT2D eigenvalue weighted by molar-refractivity contribution is 0.697. The standard InChI is InChI=1S/C8H10S.C4H4S/c1-2-4-8-7(3-1)5-6-9-8;1-2-4-5-3-1/h5-6H,1-4H2;1-4H. The third-order valence-corrected chi connectivity index (χ3v) is 4.01. The van der Waals surface area contributed by atoms with Gasteiger partial charge in [0.05, 0.1) is 0 Å². The summed E-state index contributed by atoms with van der Waals surface area (Å²) in [7, 11) is 0. The molecule has 0 saturated heterocycles. The highest BCUT2D eigenvalue weighted by molar-refractivity contribution is 7.10. The SMILES string of the molecule is c1cc2c(s1)CCCC2.c1ccsc1. The molecule has 0 saturated carbocycles. The number of hydrogen-bond donors (Lipinski definition) is 0. The lowest BCUT2D eigenvalue weighted by Gasteiger charge is -2.08.